The number of ketones is 1. The molecule has 0 bridgehead atoms. The first-order valence-corrected chi connectivity index (χ1v) is 5.56. The summed E-state index contributed by atoms with van der Waals surface area (Å²) in [5.74, 6) is 0.735. The molecule has 0 atom stereocenters. The van der Waals surface area contributed by atoms with E-state index in [4.69, 9.17) is 5.73 Å². The van der Waals surface area contributed by atoms with Gasteiger partial charge in [-0.3, -0.25) is 4.79 Å². The zero-order valence-corrected chi connectivity index (χ0v) is 9.49. The first kappa shape index (κ1) is 11.8. The SMILES string of the molecule is CCC(CC)CC(=O)c1ccc(N)cc1. The third-order valence-electron chi connectivity index (χ3n) is 2.86. The molecule has 0 fully saturated rings. The Labute approximate surface area is 91.5 Å². The third kappa shape index (κ3) is 3.39. The number of nitrogen functional groups attached to an aromatic ring is 1. The minimum Gasteiger partial charge on any atom is -0.399 e. The Morgan fingerprint density at radius 1 is 1.20 bits per heavy atom. The van der Waals surface area contributed by atoms with E-state index >= 15 is 0 Å². The molecular formula is C13H19NO. The Morgan fingerprint density at radius 2 is 1.73 bits per heavy atom. The van der Waals surface area contributed by atoms with Gasteiger partial charge in [0, 0.05) is 17.7 Å². The van der Waals surface area contributed by atoms with Gasteiger partial charge in [-0.1, -0.05) is 26.7 Å². The van der Waals surface area contributed by atoms with Crippen molar-refractivity contribution < 1.29 is 4.79 Å². The highest BCUT2D eigenvalue weighted by atomic mass is 16.1. The average Bonchev–Trinajstić information content (AvgIpc) is 2.26. The van der Waals surface area contributed by atoms with E-state index in [0.29, 0.717) is 18.0 Å². The Morgan fingerprint density at radius 3 is 2.20 bits per heavy atom. The predicted molar refractivity (Wildman–Crippen MR) is 63.9 cm³/mol. The van der Waals surface area contributed by atoms with E-state index in [9.17, 15) is 4.79 Å². The fourth-order valence-electron chi connectivity index (χ4n) is 1.63. The van der Waals surface area contributed by atoms with Crippen molar-refractivity contribution in [1.82, 2.24) is 0 Å². The lowest BCUT2D eigenvalue weighted by Crippen LogP contribution is -2.07. The molecule has 0 saturated heterocycles. The molecular weight excluding hydrogens is 186 g/mol. The van der Waals surface area contributed by atoms with Gasteiger partial charge < -0.3 is 5.73 Å². The zero-order valence-electron chi connectivity index (χ0n) is 9.49. The van der Waals surface area contributed by atoms with Crippen LogP contribution >= 0.6 is 0 Å². The molecule has 1 rings (SSSR count). The van der Waals surface area contributed by atoms with Gasteiger partial charge in [0.25, 0.3) is 0 Å². The fraction of sp³-hybridized carbons (Fsp3) is 0.462. The summed E-state index contributed by atoms with van der Waals surface area (Å²) >= 11 is 0. The Kier molecular flexibility index (Phi) is 4.35. The number of rotatable bonds is 5. The van der Waals surface area contributed by atoms with Crippen molar-refractivity contribution in [3.8, 4) is 0 Å². The molecule has 2 N–H and O–H groups in total. The first-order chi connectivity index (χ1) is 7.17. The summed E-state index contributed by atoms with van der Waals surface area (Å²) in [5.41, 5.74) is 7.05. The number of benzene rings is 1. The van der Waals surface area contributed by atoms with Gasteiger partial charge in [-0.05, 0) is 30.2 Å². The minimum atomic E-state index is 0.226. The Bertz CT molecular complexity index is 312. The molecule has 0 saturated carbocycles. The van der Waals surface area contributed by atoms with Crippen LogP contribution in [0.5, 0.6) is 0 Å². The summed E-state index contributed by atoms with van der Waals surface area (Å²) in [6.45, 7) is 4.26. The molecule has 0 aromatic heterocycles. The van der Waals surface area contributed by atoms with E-state index in [1.807, 2.05) is 0 Å². The summed E-state index contributed by atoms with van der Waals surface area (Å²) in [6.07, 6.45) is 2.78. The molecule has 0 unspecified atom stereocenters. The lowest BCUT2D eigenvalue weighted by molar-refractivity contribution is 0.0959. The van der Waals surface area contributed by atoms with E-state index in [-0.39, 0.29) is 5.78 Å². The molecule has 15 heavy (non-hydrogen) atoms. The number of carbonyl (C=O) groups is 1. The monoisotopic (exact) mass is 205 g/mol. The molecule has 0 amide bonds. The largest absolute Gasteiger partial charge is 0.399 e. The van der Waals surface area contributed by atoms with Crippen molar-refractivity contribution in [2.75, 3.05) is 5.73 Å². The van der Waals surface area contributed by atoms with Gasteiger partial charge in [-0.25, -0.2) is 0 Å². The van der Waals surface area contributed by atoms with Crippen LogP contribution in [-0.2, 0) is 0 Å². The van der Waals surface area contributed by atoms with Gasteiger partial charge in [0.1, 0.15) is 0 Å². The van der Waals surface area contributed by atoms with Crippen molar-refractivity contribution in [3.05, 3.63) is 29.8 Å². The average molecular weight is 205 g/mol. The molecule has 1 aromatic rings. The topological polar surface area (TPSA) is 43.1 Å². The number of hydrogen-bond acceptors (Lipinski definition) is 2. The third-order valence-corrected chi connectivity index (χ3v) is 2.86. The molecule has 0 radical (unpaired) electrons. The van der Waals surface area contributed by atoms with Crippen LogP contribution in [0.15, 0.2) is 24.3 Å². The van der Waals surface area contributed by atoms with Crippen LogP contribution in [0.4, 0.5) is 5.69 Å². The highest BCUT2D eigenvalue weighted by molar-refractivity contribution is 5.96. The standard InChI is InChI=1S/C13H19NO/c1-3-10(4-2)9-13(15)11-5-7-12(14)8-6-11/h5-8,10H,3-4,9,14H2,1-2H3. The van der Waals surface area contributed by atoms with Gasteiger partial charge in [0.05, 0.1) is 0 Å². The number of anilines is 1. The van der Waals surface area contributed by atoms with Crippen molar-refractivity contribution in [3.63, 3.8) is 0 Å². The predicted octanol–water partition coefficient (Wildman–Crippen LogP) is 3.28. The van der Waals surface area contributed by atoms with Crippen LogP contribution < -0.4 is 5.73 Å². The molecule has 2 heteroatoms. The minimum absolute atomic E-state index is 0.226. The van der Waals surface area contributed by atoms with E-state index in [0.717, 1.165) is 18.4 Å². The van der Waals surface area contributed by atoms with Gasteiger partial charge in [-0.2, -0.15) is 0 Å². The summed E-state index contributed by atoms with van der Waals surface area (Å²) in [4.78, 5) is 11.8. The quantitative estimate of drug-likeness (QED) is 0.592. The Hall–Kier alpha value is -1.31. The maximum atomic E-state index is 11.8. The van der Waals surface area contributed by atoms with Crippen LogP contribution in [0.25, 0.3) is 0 Å². The molecule has 82 valence electrons. The lowest BCUT2D eigenvalue weighted by atomic mass is 9.94. The summed E-state index contributed by atoms with van der Waals surface area (Å²) < 4.78 is 0. The molecule has 0 heterocycles. The van der Waals surface area contributed by atoms with Crippen LogP contribution in [0.3, 0.4) is 0 Å². The number of carbonyl (C=O) groups excluding carboxylic acids is 1. The Balaban J connectivity index is 2.64. The zero-order chi connectivity index (χ0) is 11.3. The second kappa shape index (κ2) is 5.54. The summed E-state index contributed by atoms with van der Waals surface area (Å²) in [6, 6.07) is 7.17. The van der Waals surface area contributed by atoms with Crippen LogP contribution in [0.2, 0.25) is 0 Å². The highest BCUT2D eigenvalue weighted by Gasteiger charge is 2.11. The maximum Gasteiger partial charge on any atom is 0.163 e. The smallest absolute Gasteiger partial charge is 0.163 e. The summed E-state index contributed by atoms with van der Waals surface area (Å²) in [5, 5.41) is 0. The van der Waals surface area contributed by atoms with Gasteiger partial charge in [0.15, 0.2) is 5.78 Å². The second-order valence-corrected chi connectivity index (χ2v) is 3.93. The fourth-order valence-corrected chi connectivity index (χ4v) is 1.63. The lowest BCUT2D eigenvalue weighted by Gasteiger charge is -2.10. The number of hydrogen-bond donors (Lipinski definition) is 1. The van der Waals surface area contributed by atoms with Gasteiger partial charge in [0.2, 0.25) is 0 Å². The van der Waals surface area contributed by atoms with Crippen molar-refractivity contribution >= 4 is 11.5 Å². The molecule has 0 aliphatic heterocycles. The number of nitrogens with two attached hydrogens (primary N) is 1. The van der Waals surface area contributed by atoms with Crippen molar-refractivity contribution in [2.45, 2.75) is 33.1 Å². The molecule has 0 spiro atoms. The van der Waals surface area contributed by atoms with Gasteiger partial charge in [-0.15, -0.1) is 0 Å². The second-order valence-electron chi connectivity index (χ2n) is 3.93. The normalized spacial score (nSPS) is 10.6. The van der Waals surface area contributed by atoms with Crippen molar-refractivity contribution in [2.24, 2.45) is 5.92 Å². The van der Waals surface area contributed by atoms with Crippen LogP contribution in [0.1, 0.15) is 43.5 Å². The maximum absolute atomic E-state index is 11.8. The van der Waals surface area contributed by atoms with Crippen LogP contribution in [-0.4, -0.2) is 5.78 Å². The summed E-state index contributed by atoms with van der Waals surface area (Å²) in [7, 11) is 0. The number of Topliss-reactive ketones (excluding diaryl/α,β-unsaturated/α-hetero) is 1. The van der Waals surface area contributed by atoms with Gasteiger partial charge >= 0.3 is 0 Å². The van der Waals surface area contributed by atoms with E-state index in [1.54, 1.807) is 24.3 Å². The van der Waals surface area contributed by atoms with E-state index in [2.05, 4.69) is 13.8 Å². The molecule has 1 aromatic carbocycles. The molecule has 0 aliphatic rings. The molecule has 2 nitrogen and oxygen atoms in total. The van der Waals surface area contributed by atoms with E-state index < -0.39 is 0 Å². The van der Waals surface area contributed by atoms with Crippen LogP contribution in [0, 0.1) is 5.92 Å². The molecule has 0 aliphatic carbocycles. The first-order valence-electron chi connectivity index (χ1n) is 5.56. The van der Waals surface area contributed by atoms with E-state index in [1.165, 1.54) is 0 Å². The highest BCUT2D eigenvalue weighted by Crippen LogP contribution is 2.17. The van der Waals surface area contributed by atoms with Crippen molar-refractivity contribution in [1.29, 1.82) is 0 Å².